The summed E-state index contributed by atoms with van der Waals surface area (Å²) in [5, 5.41) is 16.0. The molecule has 10 heteroatoms. The molecule has 2 heterocycles. The van der Waals surface area contributed by atoms with Gasteiger partial charge in [0, 0.05) is 24.8 Å². The fourth-order valence-electron chi connectivity index (χ4n) is 2.96. The van der Waals surface area contributed by atoms with Crippen molar-refractivity contribution < 1.29 is 17.9 Å². The summed E-state index contributed by atoms with van der Waals surface area (Å²) < 4.78 is 27.6. The number of nitrogens with one attached hydrogen (secondary N) is 1. The Morgan fingerprint density at radius 2 is 1.96 bits per heavy atom. The molecule has 1 fully saturated rings. The molecule has 1 aliphatic rings. The van der Waals surface area contributed by atoms with Gasteiger partial charge in [0.2, 0.25) is 21.8 Å². The second-order valence-electron chi connectivity index (χ2n) is 6.28. The van der Waals surface area contributed by atoms with E-state index in [1.54, 1.807) is 6.07 Å². The lowest BCUT2D eigenvalue weighted by Gasteiger charge is -2.32. The molecule has 1 aliphatic heterocycles. The van der Waals surface area contributed by atoms with Crippen LogP contribution in [-0.4, -0.2) is 44.7 Å². The van der Waals surface area contributed by atoms with Crippen molar-refractivity contribution in [2.24, 2.45) is 11.1 Å². The summed E-state index contributed by atoms with van der Waals surface area (Å²) in [6, 6.07) is 9.33. The standard InChI is InChI=1S/C17H21N5O4S/c1-26-16-9-8-15(20-21-16)22-10-2-3-12(11-22)17(23)19-13-4-6-14(7-5-13)27(18,24)25/h4-9,12H,2-3,10-11H2,1H3,(H,19,23)(H2,18,24,25). The number of carbonyl (C=O) groups excluding carboxylic acids is 1. The number of methoxy groups -OCH3 is 1. The number of anilines is 2. The highest BCUT2D eigenvalue weighted by Crippen LogP contribution is 2.23. The van der Waals surface area contributed by atoms with E-state index >= 15 is 0 Å². The van der Waals surface area contributed by atoms with E-state index in [1.165, 1.54) is 31.4 Å². The minimum absolute atomic E-state index is 0.00224. The highest BCUT2D eigenvalue weighted by molar-refractivity contribution is 7.89. The highest BCUT2D eigenvalue weighted by atomic mass is 32.2. The largest absolute Gasteiger partial charge is 0.480 e. The Kier molecular flexibility index (Phi) is 5.57. The first-order valence-electron chi connectivity index (χ1n) is 8.43. The number of piperidine rings is 1. The number of rotatable bonds is 5. The first kappa shape index (κ1) is 19.1. The number of carbonyl (C=O) groups is 1. The number of ether oxygens (including phenoxy) is 1. The average molecular weight is 391 g/mol. The Bertz CT molecular complexity index is 900. The van der Waals surface area contributed by atoms with Crippen LogP contribution in [0.1, 0.15) is 12.8 Å². The topological polar surface area (TPSA) is 128 Å². The number of hydrogen-bond donors (Lipinski definition) is 2. The first-order chi connectivity index (χ1) is 12.9. The number of amides is 1. The quantitative estimate of drug-likeness (QED) is 0.778. The predicted octanol–water partition coefficient (Wildman–Crippen LogP) is 0.988. The molecule has 27 heavy (non-hydrogen) atoms. The molecule has 3 N–H and O–H groups in total. The minimum atomic E-state index is -3.75. The van der Waals surface area contributed by atoms with Crippen molar-refractivity contribution >= 4 is 27.4 Å². The maximum absolute atomic E-state index is 12.6. The van der Waals surface area contributed by atoms with Gasteiger partial charge >= 0.3 is 0 Å². The van der Waals surface area contributed by atoms with E-state index in [-0.39, 0.29) is 16.7 Å². The van der Waals surface area contributed by atoms with E-state index in [0.717, 1.165) is 19.4 Å². The zero-order chi connectivity index (χ0) is 19.4. The fraction of sp³-hybridized carbons (Fsp3) is 0.353. The molecule has 0 spiro atoms. The van der Waals surface area contributed by atoms with Crippen LogP contribution in [0.2, 0.25) is 0 Å². The number of hydrogen-bond acceptors (Lipinski definition) is 7. The van der Waals surface area contributed by atoms with Gasteiger partial charge in [-0.3, -0.25) is 4.79 Å². The zero-order valence-corrected chi connectivity index (χ0v) is 15.6. The number of nitrogens with two attached hydrogens (primary N) is 1. The summed E-state index contributed by atoms with van der Waals surface area (Å²) in [4.78, 5) is 14.6. The van der Waals surface area contributed by atoms with Gasteiger partial charge in [0.15, 0.2) is 5.82 Å². The number of nitrogens with zero attached hydrogens (tertiary/aromatic N) is 3. The lowest BCUT2D eigenvalue weighted by atomic mass is 9.97. The zero-order valence-electron chi connectivity index (χ0n) is 14.8. The molecule has 1 saturated heterocycles. The summed E-state index contributed by atoms with van der Waals surface area (Å²) in [5.74, 6) is 0.809. The van der Waals surface area contributed by atoms with Gasteiger partial charge in [-0.15, -0.1) is 10.2 Å². The molecule has 0 saturated carbocycles. The van der Waals surface area contributed by atoms with Gasteiger partial charge in [-0.1, -0.05) is 0 Å². The van der Waals surface area contributed by atoms with Crippen LogP contribution in [0.3, 0.4) is 0 Å². The van der Waals surface area contributed by atoms with Crippen molar-refractivity contribution in [3.05, 3.63) is 36.4 Å². The lowest BCUT2D eigenvalue weighted by Crippen LogP contribution is -2.41. The molecule has 3 rings (SSSR count). The molecule has 1 atom stereocenters. The van der Waals surface area contributed by atoms with Gasteiger partial charge < -0.3 is 15.0 Å². The van der Waals surface area contributed by atoms with Crippen molar-refractivity contribution in [1.29, 1.82) is 0 Å². The van der Waals surface area contributed by atoms with Gasteiger partial charge in [0.05, 0.1) is 17.9 Å². The Morgan fingerprint density at radius 1 is 1.22 bits per heavy atom. The van der Waals surface area contributed by atoms with Crippen LogP contribution in [0.25, 0.3) is 0 Å². The predicted molar refractivity (Wildman–Crippen MR) is 100.0 cm³/mol. The van der Waals surface area contributed by atoms with Crippen LogP contribution in [-0.2, 0) is 14.8 Å². The van der Waals surface area contributed by atoms with Crippen molar-refractivity contribution in [2.45, 2.75) is 17.7 Å². The first-order valence-corrected chi connectivity index (χ1v) is 9.98. The molecule has 9 nitrogen and oxygen atoms in total. The molecular formula is C17H21N5O4S. The molecule has 0 bridgehead atoms. The number of sulfonamides is 1. The maximum Gasteiger partial charge on any atom is 0.238 e. The molecule has 1 aromatic heterocycles. The van der Waals surface area contributed by atoms with Crippen molar-refractivity contribution in [2.75, 3.05) is 30.4 Å². The summed E-state index contributed by atoms with van der Waals surface area (Å²) in [5.41, 5.74) is 0.522. The van der Waals surface area contributed by atoms with Crippen molar-refractivity contribution in [3.63, 3.8) is 0 Å². The second kappa shape index (κ2) is 7.89. The molecule has 144 valence electrons. The summed E-state index contributed by atoms with van der Waals surface area (Å²) in [6.45, 7) is 1.33. The average Bonchev–Trinajstić information content (AvgIpc) is 2.68. The normalized spacial score (nSPS) is 17.4. The maximum atomic E-state index is 12.6. The van der Waals surface area contributed by atoms with Crippen LogP contribution in [0.15, 0.2) is 41.3 Å². The van der Waals surface area contributed by atoms with Crippen molar-refractivity contribution in [1.82, 2.24) is 10.2 Å². The van der Waals surface area contributed by atoms with E-state index in [2.05, 4.69) is 15.5 Å². The van der Waals surface area contributed by atoms with Gasteiger partial charge in [-0.25, -0.2) is 13.6 Å². The SMILES string of the molecule is COc1ccc(N2CCCC(C(=O)Nc3ccc(S(N)(=O)=O)cc3)C2)nn1. The Hall–Kier alpha value is -2.72. The third kappa shape index (κ3) is 4.72. The Morgan fingerprint density at radius 3 is 2.56 bits per heavy atom. The van der Waals surface area contributed by atoms with E-state index in [4.69, 9.17) is 9.88 Å². The van der Waals surface area contributed by atoms with E-state index < -0.39 is 10.0 Å². The van der Waals surface area contributed by atoms with Crippen molar-refractivity contribution in [3.8, 4) is 5.88 Å². The molecule has 0 radical (unpaired) electrons. The van der Waals surface area contributed by atoms with Crippen LogP contribution in [0.4, 0.5) is 11.5 Å². The van der Waals surface area contributed by atoms with Crippen LogP contribution >= 0.6 is 0 Å². The summed E-state index contributed by atoms with van der Waals surface area (Å²) in [7, 11) is -2.22. The molecule has 2 aromatic rings. The number of primary sulfonamides is 1. The van der Waals surface area contributed by atoms with Crippen LogP contribution in [0, 0.1) is 5.92 Å². The molecule has 0 aliphatic carbocycles. The van der Waals surface area contributed by atoms with E-state index in [0.29, 0.717) is 23.9 Å². The highest BCUT2D eigenvalue weighted by Gasteiger charge is 2.27. The third-order valence-electron chi connectivity index (χ3n) is 4.40. The Labute approximate surface area is 157 Å². The van der Waals surface area contributed by atoms with Gasteiger partial charge in [0.25, 0.3) is 0 Å². The molecular weight excluding hydrogens is 370 g/mol. The molecule has 1 unspecified atom stereocenters. The van der Waals surface area contributed by atoms with Crippen LogP contribution < -0.4 is 20.1 Å². The van der Waals surface area contributed by atoms with Gasteiger partial charge in [0.1, 0.15) is 0 Å². The van der Waals surface area contributed by atoms with Gasteiger partial charge in [-0.2, -0.15) is 0 Å². The number of aromatic nitrogens is 2. The fourth-order valence-corrected chi connectivity index (χ4v) is 3.48. The summed E-state index contributed by atoms with van der Waals surface area (Å²) >= 11 is 0. The second-order valence-corrected chi connectivity index (χ2v) is 7.84. The van der Waals surface area contributed by atoms with Gasteiger partial charge in [-0.05, 0) is 43.2 Å². The van der Waals surface area contributed by atoms with E-state index in [9.17, 15) is 13.2 Å². The molecule has 1 aromatic carbocycles. The Balaban J connectivity index is 1.64. The third-order valence-corrected chi connectivity index (χ3v) is 5.33. The minimum Gasteiger partial charge on any atom is -0.480 e. The monoisotopic (exact) mass is 391 g/mol. The lowest BCUT2D eigenvalue weighted by molar-refractivity contribution is -0.120. The smallest absolute Gasteiger partial charge is 0.238 e. The van der Waals surface area contributed by atoms with E-state index in [1.807, 2.05) is 11.0 Å². The molecule has 1 amide bonds. The number of benzene rings is 1. The summed E-state index contributed by atoms with van der Waals surface area (Å²) in [6.07, 6.45) is 1.62. The van der Waals surface area contributed by atoms with Crippen LogP contribution in [0.5, 0.6) is 5.88 Å².